The summed E-state index contributed by atoms with van der Waals surface area (Å²) in [6.07, 6.45) is 0.884. The first-order valence-electron chi connectivity index (χ1n) is 5.69. The molecule has 0 spiro atoms. The minimum absolute atomic E-state index is 0.158. The fraction of sp³-hybridized carbons (Fsp3) is 0. The van der Waals surface area contributed by atoms with E-state index in [1.807, 2.05) is 0 Å². The summed E-state index contributed by atoms with van der Waals surface area (Å²) < 4.78 is 31.3. The van der Waals surface area contributed by atoms with Crippen molar-refractivity contribution in [3.05, 3.63) is 72.0 Å². The van der Waals surface area contributed by atoms with Crippen LogP contribution in [0.4, 0.5) is 8.78 Å². The highest BCUT2D eigenvalue weighted by Crippen LogP contribution is 2.21. The van der Waals surface area contributed by atoms with Crippen LogP contribution in [0.5, 0.6) is 5.75 Å². The standard InChI is InChI=1S/C15H10F2O3/c16-12-7-4-8-13(14(12)17)20-9-11(15(18)19)10-5-2-1-3-6-10/h1-9H,(H,18,19). The topological polar surface area (TPSA) is 46.5 Å². The van der Waals surface area contributed by atoms with Gasteiger partial charge in [0.2, 0.25) is 5.82 Å². The molecule has 5 heteroatoms. The third-order valence-corrected chi connectivity index (χ3v) is 2.54. The maximum atomic E-state index is 13.4. The zero-order chi connectivity index (χ0) is 14.5. The number of rotatable bonds is 4. The molecule has 0 aliphatic heterocycles. The molecule has 0 bridgehead atoms. The van der Waals surface area contributed by atoms with E-state index in [4.69, 9.17) is 9.84 Å². The highest BCUT2D eigenvalue weighted by atomic mass is 19.2. The van der Waals surface area contributed by atoms with Crippen molar-refractivity contribution in [1.29, 1.82) is 0 Å². The van der Waals surface area contributed by atoms with Crippen molar-refractivity contribution >= 4 is 11.5 Å². The lowest BCUT2D eigenvalue weighted by atomic mass is 10.1. The van der Waals surface area contributed by atoms with E-state index in [9.17, 15) is 13.6 Å². The number of hydrogen-bond acceptors (Lipinski definition) is 2. The Labute approximate surface area is 113 Å². The molecule has 0 saturated carbocycles. The Morgan fingerprint density at radius 2 is 1.75 bits per heavy atom. The van der Waals surface area contributed by atoms with Crippen LogP contribution in [0.1, 0.15) is 5.56 Å². The van der Waals surface area contributed by atoms with Gasteiger partial charge in [0, 0.05) is 0 Å². The van der Waals surface area contributed by atoms with Gasteiger partial charge in [0.1, 0.15) is 11.8 Å². The fourth-order valence-corrected chi connectivity index (χ4v) is 1.56. The molecule has 2 rings (SSSR count). The van der Waals surface area contributed by atoms with Crippen LogP contribution in [0.2, 0.25) is 0 Å². The van der Waals surface area contributed by atoms with Gasteiger partial charge in [0.15, 0.2) is 11.6 Å². The van der Waals surface area contributed by atoms with E-state index in [-0.39, 0.29) is 11.3 Å². The van der Waals surface area contributed by atoms with Gasteiger partial charge in [-0.05, 0) is 17.7 Å². The molecule has 20 heavy (non-hydrogen) atoms. The number of aliphatic carboxylic acids is 1. The minimum atomic E-state index is -1.23. The second-order valence-electron chi connectivity index (χ2n) is 3.87. The summed E-state index contributed by atoms with van der Waals surface area (Å²) in [6, 6.07) is 11.6. The molecule has 1 N–H and O–H groups in total. The molecule has 0 unspecified atom stereocenters. The molecular formula is C15H10F2O3. The molecule has 3 nitrogen and oxygen atoms in total. The Morgan fingerprint density at radius 1 is 1.05 bits per heavy atom. The average Bonchev–Trinajstić information content (AvgIpc) is 2.44. The molecule has 0 heterocycles. The Morgan fingerprint density at radius 3 is 2.40 bits per heavy atom. The molecule has 0 radical (unpaired) electrons. The van der Waals surface area contributed by atoms with Crippen LogP contribution in [0, 0.1) is 11.6 Å². The van der Waals surface area contributed by atoms with Crippen molar-refractivity contribution in [1.82, 2.24) is 0 Å². The number of hydrogen-bond donors (Lipinski definition) is 1. The van der Waals surface area contributed by atoms with Crippen molar-refractivity contribution in [2.45, 2.75) is 0 Å². The smallest absolute Gasteiger partial charge is 0.339 e. The van der Waals surface area contributed by atoms with Gasteiger partial charge >= 0.3 is 5.97 Å². The Balaban J connectivity index is 2.32. The largest absolute Gasteiger partial charge is 0.478 e. The van der Waals surface area contributed by atoms with Crippen LogP contribution in [-0.4, -0.2) is 11.1 Å². The SMILES string of the molecule is O=C(O)C(=COc1cccc(F)c1F)c1ccccc1. The lowest BCUT2D eigenvalue weighted by Crippen LogP contribution is -2.02. The molecule has 0 fully saturated rings. The summed E-state index contributed by atoms with van der Waals surface area (Å²) >= 11 is 0. The Bertz CT molecular complexity index is 651. The summed E-state index contributed by atoms with van der Waals surface area (Å²) in [4.78, 5) is 11.2. The average molecular weight is 276 g/mol. The van der Waals surface area contributed by atoms with Gasteiger partial charge in [0.25, 0.3) is 0 Å². The molecule has 102 valence electrons. The number of ether oxygens (including phenoxy) is 1. The van der Waals surface area contributed by atoms with Crippen LogP contribution in [-0.2, 0) is 4.79 Å². The van der Waals surface area contributed by atoms with E-state index in [0.29, 0.717) is 5.56 Å². The lowest BCUT2D eigenvalue weighted by Gasteiger charge is -2.05. The third-order valence-electron chi connectivity index (χ3n) is 2.54. The number of halogens is 2. The van der Waals surface area contributed by atoms with E-state index in [1.54, 1.807) is 30.3 Å². The molecule has 0 aliphatic carbocycles. The van der Waals surface area contributed by atoms with Crippen molar-refractivity contribution in [3.63, 3.8) is 0 Å². The summed E-state index contributed by atoms with van der Waals surface area (Å²) in [7, 11) is 0. The molecule has 0 saturated heterocycles. The Hall–Kier alpha value is -2.69. The van der Waals surface area contributed by atoms with Gasteiger partial charge in [-0.1, -0.05) is 36.4 Å². The van der Waals surface area contributed by atoms with E-state index in [0.717, 1.165) is 12.3 Å². The van der Waals surface area contributed by atoms with Gasteiger partial charge in [-0.2, -0.15) is 4.39 Å². The predicted octanol–water partition coefficient (Wildman–Crippen LogP) is 3.47. The van der Waals surface area contributed by atoms with Crippen LogP contribution >= 0.6 is 0 Å². The first-order valence-corrected chi connectivity index (χ1v) is 5.69. The van der Waals surface area contributed by atoms with Gasteiger partial charge in [0.05, 0.1) is 0 Å². The Kier molecular flexibility index (Phi) is 4.10. The van der Waals surface area contributed by atoms with E-state index < -0.39 is 17.6 Å². The first kappa shape index (κ1) is 13.7. The second kappa shape index (κ2) is 5.97. The quantitative estimate of drug-likeness (QED) is 0.687. The summed E-state index contributed by atoms with van der Waals surface area (Å²) in [5.41, 5.74) is 0.242. The minimum Gasteiger partial charge on any atom is -0.478 e. The predicted molar refractivity (Wildman–Crippen MR) is 69.0 cm³/mol. The maximum Gasteiger partial charge on any atom is 0.339 e. The zero-order valence-electron chi connectivity index (χ0n) is 10.2. The number of carbonyl (C=O) groups is 1. The van der Waals surface area contributed by atoms with E-state index in [2.05, 4.69) is 0 Å². The van der Waals surface area contributed by atoms with Crippen molar-refractivity contribution in [2.24, 2.45) is 0 Å². The number of benzene rings is 2. The molecule has 0 aromatic heterocycles. The first-order chi connectivity index (χ1) is 9.59. The summed E-state index contributed by atoms with van der Waals surface area (Å²) in [5.74, 6) is -3.83. The lowest BCUT2D eigenvalue weighted by molar-refractivity contribution is -0.130. The third kappa shape index (κ3) is 3.00. The van der Waals surface area contributed by atoms with E-state index >= 15 is 0 Å². The fourth-order valence-electron chi connectivity index (χ4n) is 1.56. The van der Waals surface area contributed by atoms with Crippen LogP contribution in [0.3, 0.4) is 0 Å². The highest BCUT2D eigenvalue weighted by molar-refractivity contribution is 6.15. The molecule has 0 aliphatic rings. The number of carboxylic acids is 1. The summed E-state index contributed by atoms with van der Waals surface area (Å²) in [6.45, 7) is 0. The van der Waals surface area contributed by atoms with Crippen molar-refractivity contribution in [3.8, 4) is 5.75 Å². The number of carboxylic acid groups (broad SMARTS) is 1. The molecular weight excluding hydrogens is 266 g/mol. The van der Waals surface area contributed by atoms with Gasteiger partial charge in [-0.25, -0.2) is 9.18 Å². The normalized spacial score (nSPS) is 11.2. The van der Waals surface area contributed by atoms with Gasteiger partial charge < -0.3 is 9.84 Å². The van der Waals surface area contributed by atoms with Crippen LogP contribution < -0.4 is 4.74 Å². The van der Waals surface area contributed by atoms with Crippen molar-refractivity contribution in [2.75, 3.05) is 0 Å². The second-order valence-corrected chi connectivity index (χ2v) is 3.87. The highest BCUT2D eigenvalue weighted by Gasteiger charge is 2.12. The molecule has 0 amide bonds. The van der Waals surface area contributed by atoms with Crippen molar-refractivity contribution < 1.29 is 23.4 Å². The van der Waals surface area contributed by atoms with Crippen LogP contribution in [0.25, 0.3) is 5.57 Å². The monoisotopic (exact) mass is 276 g/mol. The molecule has 0 atom stereocenters. The van der Waals surface area contributed by atoms with Gasteiger partial charge in [-0.15, -0.1) is 0 Å². The zero-order valence-corrected chi connectivity index (χ0v) is 10.2. The summed E-state index contributed by atoms with van der Waals surface area (Å²) in [5, 5.41) is 9.11. The van der Waals surface area contributed by atoms with E-state index in [1.165, 1.54) is 12.1 Å². The van der Waals surface area contributed by atoms with Gasteiger partial charge in [-0.3, -0.25) is 0 Å². The maximum absolute atomic E-state index is 13.4. The van der Waals surface area contributed by atoms with Crippen LogP contribution in [0.15, 0.2) is 54.8 Å². The molecule has 2 aromatic carbocycles. The molecule has 2 aromatic rings.